The van der Waals surface area contributed by atoms with Gasteiger partial charge in [0, 0.05) is 25.2 Å². The van der Waals surface area contributed by atoms with Crippen LogP contribution in [0, 0.1) is 5.41 Å². The van der Waals surface area contributed by atoms with Gasteiger partial charge in [0.15, 0.2) is 0 Å². The smallest absolute Gasteiger partial charge is 0.221 e. The Bertz CT molecular complexity index is 421. The van der Waals surface area contributed by atoms with Crippen LogP contribution in [-0.2, 0) is 11.3 Å². The molecule has 0 saturated heterocycles. The van der Waals surface area contributed by atoms with Crippen LogP contribution in [0.15, 0.2) is 24.3 Å². The van der Waals surface area contributed by atoms with Crippen LogP contribution in [0.3, 0.4) is 0 Å². The molecule has 4 heteroatoms. The average molecular weight is 278 g/mol. The predicted octanol–water partition coefficient (Wildman–Crippen LogP) is 2.53. The highest BCUT2D eigenvalue weighted by Gasteiger charge is 2.17. The van der Waals surface area contributed by atoms with Crippen LogP contribution >= 0.6 is 0 Å². The second-order valence-electron chi connectivity index (χ2n) is 6.40. The van der Waals surface area contributed by atoms with Gasteiger partial charge < -0.3 is 15.7 Å². The molecular weight excluding hydrogens is 252 g/mol. The van der Waals surface area contributed by atoms with E-state index < -0.39 is 0 Å². The molecule has 0 aliphatic rings. The molecule has 1 atom stereocenters. The minimum atomic E-state index is -0.0682. The number of nitrogens with one attached hydrogen (secondary N) is 2. The second-order valence-corrected chi connectivity index (χ2v) is 6.40. The molecule has 1 unspecified atom stereocenters. The number of hydrogen-bond donors (Lipinski definition) is 3. The van der Waals surface area contributed by atoms with Gasteiger partial charge in [0.05, 0.1) is 6.61 Å². The van der Waals surface area contributed by atoms with Crippen LogP contribution in [0.5, 0.6) is 0 Å². The van der Waals surface area contributed by atoms with Gasteiger partial charge in [-0.25, -0.2) is 0 Å². The summed E-state index contributed by atoms with van der Waals surface area (Å²) in [6, 6.07) is 7.82. The Hall–Kier alpha value is -1.39. The molecule has 1 aromatic carbocycles. The Labute approximate surface area is 121 Å². The van der Waals surface area contributed by atoms with Gasteiger partial charge >= 0.3 is 0 Å². The van der Waals surface area contributed by atoms with Gasteiger partial charge in [-0.2, -0.15) is 0 Å². The lowest BCUT2D eigenvalue weighted by molar-refractivity contribution is -0.114. The number of anilines is 1. The summed E-state index contributed by atoms with van der Waals surface area (Å²) in [7, 11) is 0. The third-order valence-corrected chi connectivity index (χ3v) is 2.95. The number of rotatable bonds is 6. The molecule has 0 bridgehead atoms. The minimum Gasteiger partial charge on any atom is -0.395 e. The van der Waals surface area contributed by atoms with Crippen molar-refractivity contribution >= 4 is 11.6 Å². The fraction of sp³-hybridized carbons (Fsp3) is 0.562. The highest BCUT2D eigenvalue weighted by atomic mass is 16.3. The maximum atomic E-state index is 10.9. The number of carbonyl (C=O) groups is 1. The van der Waals surface area contributed by atoms with Crippen molar-refractivity contribution in [1.82, 2.24) is 5.32 Å². The largest absolute Gasteiger partial charge is 0.395 e. The van der Waals surface area contributed by atoms with Gasteiger partial charge in [-0.05, 0) is 29.5 Å². The summed E-state index contributed by atoms with van der Waals surface area (Å²) in [4.78, 5) is 10.9. The molecule has 1 aromatic rings. The zero-order valence-electron chi connectivity index (χ0n) is 12.9. The highest BCUT2D eigenvalue weighted by Crippen LogP contribution is 2.20. The molecule has 0 spiro atoms. The van der Waals surface area contributed by atoms with Crippen molar-refractivity contribution in [1.29, 1.82) is 0 Å². The molecule has 0 radical (unpaired) electrons. The summed E-state index contributed by atoms with van der Waals surface area (Å²) in [5.74, 6) is -0.0682. The summed E-state index contributed by atoms with van der Waals surface area (Å²) in [5, 5.41) is 15.5. The first kappa shape index (κ1) is 16.7. The van der Waals surface area contributed by atoms with Crippen molar-refractivity contribution in [2.75, 3.05) is 11.9 Å². The maximum Gasteiger partial charge on any atom is 0.221 e. The van der Waals surface area contributed by atoms with E-state index in [1.54, 1.807) is 0 Å². The topological polar surface area (TPSA) is 61.4 Å². The molecular formula is C16H26N2O2. The van der Waals surface area contributed by atoms with E-state index >= 15 is 0 Å². The van der Waals surface area contributed by atoms with Gasteiger partial charge in [-0.3, -0.25) is 4.79 Å². The Morgan fingerprint density at radius 2 is 1.85 bits per heavy atom. The molecule has 1 amide bonds. The van der Waals surface area contributed by atoms with E-state index in [1.807, 2.05) is 24.3 Å². The molecule has 20 heavy (non-hydrogen) atoms. The molecule has 0 aromatic heterocycles. The first-order chi connectivity index (χ1) is 9.30. The summed E-state index contributed by atoms with van der Waals surface area (Å²) >= 11 is 0. The van der Waals surface area contributed by atoms with E-state index in [0.717, 1.165) is 17.7 Å². The summed E-state index contributed by atoms with van der Waals surface area (Å²) in [5.41, 5.74) is 2.12. The van der Waals surface area contributed by atoms with E-state index in [4.69, 9.17) is 0 Å². The lowest BCUT2D eigenvalue weighted by Crippen LogP contribution is -2.35. The molecule has 112 valence electrons. The Morgan fingerprint density at radius 1 is 1.25 bits per heavy atom. The van der Waals surface area contributed by atoms with Gasteiger partial charge in [-0.15, -0.1) is 0 Å². The SMILES string of the molecule is CC(=O)Nc1ccc(CNC(CO)CC(C)(C)C)cc1. The molecule has 0 fully saturated rings. The standard InChI is InChI=1S/C16H26N2O2/c1-12(20)18-14-7-5-13(6-8-14)10-17-15(11-19)9-16(2,3)4/h5-8,15,17,19H,9-11H2,1-4H3,(H,18,20). The maximum absolute atomic E-state index is 10.9. The van der Waals surface area contributed by atoms with Gasteiger partial charge in [0.1, 0.15) is 0 Å². The number of carbonyl (C=O) groups excluding carboxylic acids is 1. The normalized spacial score (nSPS) is 13.1. The number of amides is 1. The third-order valence-electron chi connectivity index (χ3n) is 2.95. The molecule has 0 aliphatic heterocycles. The zero-order chi connectivity index (χ0) is 15.2. The van der Waals surface area contributed by atoms with Crippen molar-refractivity contribution in [3.63, 3.8) is 0 Å². The number of hydrogen-bond acceptors (Lipinski definition) is 3. The molecule has 1 rings (SSSR count). The van der Waals surface area contributed by atoms with Crippen molar-refractivity contribution in [3.8, 4) is 0 Å². The Morgan fingerprint density at radius 3 is 2.30 bits per heavy atom. The van der Waals surface area contributed by atoms with Crippen LogP contribution in [-0.4, -0.2) is 23.7 Å². The van der Waals surface area contributed by atoms with Crippen LogP contribution in [0.2, 0.25) is 0 Å². The first-order valence-electron chi connectivity index (χ1n) is 7.01. The minimum absolute atomic E-state index is 0.0682. The van der Waals surface area contributed by atoms with E-state index in [2.05, 4.69) is 31.4 Å². The molecule has 3 N–H and O–H groups in total. The lowest BCUT2D eigenvalue weighted by Gasteiger charge is -2.25. The van der Waals surface area contributed by atoms with Gasteiger partial charge in [0.25, 0.3) is 0 Å². The number of aliphatic hydroxyl groups is 1. The summed E-state index contributed by atoms with van der Waals surface area (Å²) in [6.07, 6.45) is 0.924. The first-order valence-corrected chi connectivity index (χ1v) is 7.01. The number of benzene rings is 1. The van der Waals surface area contributed by atoms with Crippen molar-refractivity contribution in [2.45, 2.75) is 46.7 Å². The molecule has 0 heterocycles. The second kappa shape index (κ2) is 7.41. The zero-order valence-corrected chi connectivity index (χ0v) is 12.9. The Kier molecular flexibility index (Phi) is 6.17. The number of aliphatic hydroxyl groups excluding tert-OH is 1. The van der Waals surface area contributed by atoms with Crippen LogP contribution < -0.4 is 10.6 Å². The van der Waals surface area contributed by atoms with E-state index in [1.165, 1.54) is 6.92 Å². The van der Waals surface area contributed by atoms with E-state index in [0.29, 0.717) is 6.54 Å². The predicted molar refractivity (Wildman–Crippen MR) is 82.5 cm³/mol. The van der Waals surface area contributed by atoms with Gasteiger partial charge in [0.2, 0.25) is 5.91 Å². The van der Waals surface area contributed by atoms with Crippen LogP contribution in [0.4, 0.5) is 5.69 Å². The highest BCUT2D eigenvalue weighted by molar-refractivity contribution is 5.88. The van der Waals surface area contributed by atoms with Gasteiger partial charge in [-0.1, -0.05) is 32.9 Å². The molecule has 0 aliphatic carbocycles. The van der Waals surface area contributed by atoms with E-state index in [-0.39, 0.29) is 24.0 Å². The van der Waals surface area contributed by atoms with Crippen LogP contribution in [0.1, 0.15) is 39.7 Å². The quantitative estimate of drug-likeness (QED) is 0.749. The van der Waals surface area contributed by atoms with E-state index in [9.17, 15) is 9.90 Å². The average Bonchev–Trinajstić information content (AvgIpc) is 2.34. The lowest BCUT2D eigenvalue weighted by atomic mass is 9.88. The molecule has 0 saturated carbocycles. The Balaban J connectivity index is 2.50. The fourth-order valence-electron chi connectivity index (χ4n) is 2.11. The van der Waals surface area contributed by atoms with Crippen molar-refractivity contribution in [3.05, 3.63) is 29.8 Å². The van der Waals surface area contributed by atoms with Crippen molar-refractivity contribution in [2.24, 2.45) is 5.41 Å². The van der Waals surface area contributed by atoms with Crippen molar-refractivity contribution < 1.29 is 9.90 Å². The van der Waals surface area contributed by atoms with Crippen LogP contribution in [0.25, 0.3) is 0 Å². The summed E-state index contributed by atoms with van der Waals surface area (Å²) < 4.78 is 0. The summed E-state index contributed by atoms with van der Waals surface area (Å²) in [6.45, 7) is 8.84. The fourth-order valence-corrected chi connectivity index (χ4v) is 2.11. The third kappa shape index (κ3) is 6.68. The monoisotopic (exact) mass is 278 g/mol. The molecule has 4 nitrogen and oxygen atoms in total.